The number of carbonyl (C=O) groups excluding carboxylic acids is 1. The predicted molar refractivity (Wildman–Crippen MR) is 143 cm³/mol. The first-order chi connectivity index (χ1) is 18.1. The Bertz CT molecular complexity index is 1200. The van der Waals surface area contributed by atoms with Crippen LogP contribution in [0, 0.1) is 0 Å². The molecule has 1 amide bonds. The van der Waals surface area contributed by atoms with Crippen molar-refractivity contribution in [2.45, 2.75) is 58.7 Å². The summed E-state index contributed by atoms with van der Waals surface area (Å²) in [6.45, 7) is 6.48. The lowest BCUT2D eigenvalue weighted by Gasteiger charge is -2.37. The number of piperazine rings is 1. The molecule has 0 atom stereocenters. The van der Waals surface area contributed by atoms with Crippen LogP contribution in [-0.2, 0) is 17.5 Å². The molecule has 2 aromatic rings. The van der Waals surface area contributed by atoms with E-state index >= 15 is 0 Å². The Kier molecular flexibility index (Phi) is 10.0. The Morgan fingerprint density at radius 3 is 2.37 bits per heavy atom. The molecule has 1 aliphatic heterocycles. The van der Waals surface area contributed by atoms with Gasteiger partial charge in [-0.15, -0.1) is 0 Å². The van der Waals surface area contributed by atoms with Gasteiger partial charge in [-0.3, -0.25) is 24.0 Å². The fraction of sp³-hybridized carbons (Fsp3) is 0.577. The van der Waals surface area contributed by atoms with Crippen molar-refractivity contribution in [1.82, 2.24) is 14.5 Å². The number of hydrogen-bond donors (Lipinski definition) is 2. The summed E-state index contributed by atoms with van der Waals surface area (Å²) < 4.78 is 40.6. The highest BCUT2D eigenvalue weighted by Gasteiger charge is 2.31. The molecule has 1 saturated heterocycles. The normalized spacial score (nSPS) is 14.6. The molecule has 0 spiro atoms. The number of halogens is 3. The first-order valence-electron chi connectivity index (χ1n) is 13.1. The van der Waals surface area contributed by atoms with Crippen molar-refractivity contribution in [1.29, 1.82) is 0 Å². The van der Waals surface area contributed by atoms with E-state index in [1.165, 1.54) is 15.5 Å². The number of unbranched alkanes of at least 4 members (excludes halogenated alkanes) is 3. The average Bonchev–Trinajstić information content (AvgIpc) is 2.87. The molecule has 0 saturated carbocycles. The van der Waals surface area contributed by atoms with E-state index in [9.17, 15) is 27.6 Å². The zero-order valence-electron chi connectivity index (χ0n) is 22.0. The third kappa shape index (κ3) is 7.18. The summed E-state index contributed by atoms with van der Waals surface area (Å²) in [7, 11) is 0. The van der Waals surface area contributed by atoms with Crippen LogP contribution in [0.1, 0.15) is 51.5 Å². The van der Waals surface area contributed by atoms with Gasteiger partial charge in [0.1, 0.15) is 5.82 Å². The maximum absolute atomic E-state index is 13.5. The standard InChI is InChI=1S/C26H37F3N6O3/c1-3-5-7-12-34(22-23(30)35(11-6-4-2)25(38)31-24(22)37)21(36)18-32-13-15-33(16-14-32)20-10-8-9-19(17-20)26(27,28)29/h8-10,17H,3-7,11-16,18,30H2,1-2H3,(H,31,37,38). The van der Waals surface area contributed by atoms with Crippen molar-refractivity contribution in [2.24, 2.45) is 0 Å². The number of alkyl halides is 3. The smallest absolute Gasteiger partial charge is 0.383 e. The summed E-state index contributed by atoms with van der Waals surface area (Å²) in [5.74, 6) is -0.335. The molecule has 0 bridgehead atoms. The van der Waals surface area contributed by atoms with E-state index in [1.54, 1.807) is 6.07 Å². The largest absolute Gasteiger partial charge is 0.416 e. The third-order valence-corrected chi connectivity index (χ3v) is 6.78. The van der Waals surface area contributed by atoms with Crippen LogP contribution in [-0.4, -0.2) is 59.6 Å². The number of nitrogens with zero attached hydrogens (tertiary/aromatic N) is 4. The number of H-pyrrole nitrogens is 1. The average molecular weight is 539 g/mol. The van der Waals surface area contributed by atoms with Gasteiger partial charge in [0, 0.05) is 45.0 Å². The Morgan fingerprint density at radius 2 is 1.74 bits per heavy atom. The minimum Gasteiger partial charge on any atom is -0.383 e. The van der Waals surface area contributed by atoms with Crippen LogP contribution in [0.4, 0.5) is 30.4 Å². The van der Waals surface area contributed by atoms with Gasteiger partial charge >= 0.3 is 11.9 Å². The number of aromatic amines is 1. The van der Waals surface area contributed by atoms with Crippen molar-refractivity contribution in [3.63, 3.8) is 0 Å². The van der Waals surface area contributed by atoms with Crippen molar-refractivity contribution >= 4 is 23.1 Å². The molecule has 0 unspecified atom stereocenters. The monoisotopic (exact) mass is 538 g/mol. The van der Waals surface area contributed by atoms with E-state index < -0.39 is 23.0 Å². The zero-order chi connectivity index (χ0) is 27.9. The Hall–Kier alpha value is -3.28. The van der Waals surface area contributed by atoms with Crippen molar-refractivity contribution < 1.29 is 18.0 Å². The highest BCUT2D eigenvalue weighted by molar-refractivity contribution is 5.96. The molecule has 1 aliphatic rings. The van der Waals surface area contributed by atoms with E-state index in [2.05, 4.69) is 4.98 Å². The third-order valence-electron chi connectivity index (χ3n) is 6.78. The van der Waals surface area contributed by atoms with E-state index in [0.29, 0.717) is 51.3 Å². The second-order valence-electron chi connectivity index (χ2n) is 9.56. The number of hydrogen-bond acceptors (Lipinski definition) is 6. The fourth-order valence-electron chi connectivity index (χ4n) is 4.58. The topological polar surface area (TPSA) is 108 Å². The van der Waals surface area contributed by atoms with Crippen LogP contribution in [0.25, 0.3) is 0 Å². The number of nitrogens with two attached hydrogens (primary N) is 1. The molecule has 38 heavy (non-hydrogen) atoms. The van der Waals surface area contributed by atoms with Gasteiger partial charge in [0.05, 0.1) is 12.1 Å². The lowest BCUT2D eigenvalue weighted by molar-refractivity contribution is -0.137. The summed E-state index contributed by atoms with van der Waals surface area (Å²) in [5, 5.41) is 0. The highest BCUT2D eigenvalue weighted by atomic mass is 19.4. The molecule has 3 N–H and O–H groups in total. The summed E-state index contributed by atoms with van der Waals surface area (Å²) in [4.78, 5) is 46.1. The van der Waals surface area contributed by atoms with Crippen LogP contribution in [0.5, 0.6) is 0 Å². The first-order valence-corrected chi connectivity index (χ1v) is 13.1. The van der Waals surface area contributed by atoms with Crippen LogP contribution < -0.4 is 26.8 Å². The number of nitrogens with one attached hydrogen (secondary N) is 1. The summed E-state index contributed by atoms with van der Waals surface area (Å²) in [6, 6.07) is 5.22. The molecule has 12 heteroatoms. The number of aromatic nitrogens is 2. The molecule has 0 radical (unpaired) electrons. The minimum atomic E-state index is -4.41. The maximum atomic E-state index is 13.5. The first kappa shape index (κ1) is 29.3. The number of carbonyl (C=O) groups is 1. The van der Waals surface area contributed by atoms with Gasteiger partial charge in [-0.05, 0) is 31.0 Å². The number of amides is 1. The van der Waals surface area contributed by atoms with Gasteiger partial charge in [-0.1, -0.05) is 39.2 Å². The molecule has 1 aromatic carbocycles. The van der Waals surface area contributed by atoms with E-state index in [0.717, 1.165) is 31.4 Å². The second kappa shape index (κ2) is 13.0. The lowest BCUT2D eigenvalue weighted by atomic mass is 10.1. The maximum Gasteiger partial charge on any atom is 0.416 e. The van der Waals surface area contributed by atoms with Gasteiger partial charge < -0.3 is 15.5 Å². The molecule has 0 aliphatic carbocycles. The molecule has 1 aromatic heterocycles. The van der Waals surface area contributed by atoms with Crippen molar-refractivity contribution in [2.75, 3.05) is 54.8 Å². The second-order valence-corrected chi connectivity index (χ2v) is 9.56. The Labute approximate surface area is 220 Å². The molecule has 2 heterocycles. The van der Waals surface area contributed by atoms with Crippen LogP contribution in [0.2, 0.25) is 0 Å². The van der Waals surface area contributed by atoms with E-state index in [-0.39, 0.29) is 30.5 Å². The Balaban J connectivity index is 1.75. The van der Waals surface area contributed by atoms with Gasteiger partial charge in [0.2, 0.25) is 5.91 Å². The number of nitrogen functional groups attached to an aromatic ring is 1. The molecular formula is C26H37F3N6O3. The van der Waals surface area contributed by atoms with Crippen molar-refractivity contribution in [3.8, 4) is 0 Å². The van der Waals surface area contributed by atoms with Gasteiger partial charge in [0.15, 0.2) is 5.69 Å². The van der Waals surface area contributed by atoms with Gasteiger partial charge in [-0.2, -0.15) is 13.2 Å². The quantitative estimate of drug-likeness (QED) is 0.425. The number of benzene rings is 1. The number of rotatable bonds is 11. The van der Waals surface area contributed by atoms with E-state index in [4.69, 9.17) is 5.73 Å². The lowest BCUT2D eigenvalue weighted by Crippen LogP contribution is -2.51. The SMILES string of the molecule is CCCCCN(C(=O)CN1CCN(c2cccc(C(F)(F)F)c2)CC1)c1c(N)n(CCCC)c(=O)[nH]c1=O. The summed E-state index contributed by atoms with van der Waals surface area (Å²) in [6.07, 6.45) is -0.460. The van der Waals surface area contributed by atoms with Crippen LogP contribution in [0.15, 0.2) is 33.9 Å². The van der Waals surface area contributed by atoms with Gasteiger partial charge in [0.25, 0.3) is 5.56 Å². The van der Waals surface area contributed by atoms with Gasteiger partial charge in [-0.25, -0.2) is 4.79 Å². The molecule has 3 rings (SSSR count). The van der Waals surface area contributed by atoms with Crippen LogP contribution >= 0.6 is 0 Å². The number of anilines is 3. The Morgan fingerprint density at radius 1 is 1.05 bits per heavy atom. The minimum absolute atomic E-state index is 0.00981. The van der Waals surface area contributed by atoms with E-state index in [1.807, 2.05) is 23.6 Å². The molecule has 1 fully saturated rings. The molecule has 210 valence electrons. The molecule has 9 nitrogen and oxygen atoms in total. The predicted octanol–water partition coefficient (Wildman–Crippen LogP) is 3.28. The van der Waals surface area contributed by atoms with Crippen molar-refractivity contribution in [3.05, 3.63) is 50.7 Å². The summed E-state index contributed by atoms with van der Waals surface area (Å²) >= 11 is 0. The molecular weight excluding hydrogens is 501 g/mol. The van der Waals surface area contributed by atoms with Crippen LogP contribution in [0.3, 0.4) is 0 Å². The summed E-state index contributed by atoms with van der Waals surface area (Å²) in [5.41, 5.74) is 4.76. The fourth-order valence-corrected chi connectivity index (χ4v) is 4.58. The highest BCUT2D eigenvalue weighted by Crippen LogP contribution is 2.32. The zero-order valence-corrected chi connectivity index (χ0v) is 22.0.